The van der Waals surface area contributed by atoms with Gasteiger partial charge in [0.2, 0.25) is 5.95 Å². The van der Waals surface area contributed by atoms with E-state index in [0.29, 0.717) is 66.7 Å². The molecule has 1 aliphatic rings. The van der Waals surface area contributed by atoms with Crippen LogP contribution in [0.4, 0.5) is 11.6 Å². The number of hydrogen-bond acceptors (Lipinski definition) is 11. The van der Waals surface area contributed by atoms with Gasteiger partial charge in [-0.25, -0.2) is 14.6 Å². The Kier molecular flexibility index (Phi) is 8.26. The lowest BCUT2D eigenvalue weighted by Crippen LogP contribution is -2.45. The third kappa shape index (κ3) is 6.61. The second-order valence-corrected chi connectivity index (χ2v) is 10.4. The third-order valence-corrected chi connectivity index (χ3v) is 7.07. The van der Waals surface area contributed by atoms with Gasteiger partial charge in [0.1, 0.15) is 30.0 Å². The average Bonchev–Trinajstić information content (AvgIpc) is 3.50. The van der Waals surface area contributed by atoms with Crippen LogP contribution < -0.4 is 14.8 Å². The molecule has 13 heteroatoms. The van der Waals surface area contributed by atoms with E-state index in [1.54, 1.807) is 59.2 Å². The van der Waals surface area contributed by atoms with Gasteiger partial charge in [-0.2, -0.15) is 5.26 Å². The van der Waals surface area contributed by atoms with E-state index in [1.807, 2.05) is 13.0 Å². The first-order chi connectivity index (χ1) is 20.2. The summed E-state index contributed by atoms with van der Waals surface area (Å²) >= 11 is 0. The van der Waals surface area contributed by atoms with Gasteiger partial charge in [0.15, 0.2) is 0 Å². The van der Waals surface area contributed by atoms with Crippen LogP contribution in [0.2, 0.25) is 0 Å². The summed E-state index contributed by atoms with van der Waals surface area (Å²) in [6.07, 6.45) is 5.63. The minimum Gasteiger partial charge on any atom is -0.495 e. The molecule has 0 spiro atoms. The summed E-state index contributed by atoms with van der Waals surface area (Å²) < 4.78 is 13.1. The molecule has 2 aromatic carbocycles. The van der Waals surface area contributed by atoms with Gasteiger partial charge in [-0.05, 0) is 73.0 Å². The molecule has 1 atom stereocenters. The number of piperidine rings is 1. The smallest absolute Gasteiger partial charge is 0.253 e. The lowest BCUT2D eigenvalue weighted by molar-refractivity contribution is -0.00203. The third-order valence-electron chi connectivity index (χ3n) is 7.07. The molecule has 5 rings (SSSR count). The molecule has 1 amide bonds. The molecule has 13 nitrogen and oxygen atoms in total. The number of benzene rings is 2. The van der Waals surface area contributed by atoms with Crippen molar-refractivity contribution in [3.63, 3.8) is 0 Å². The van der Waals surface area contributed by atoms with Crippen LogP contribution >= 0.6 is 0 Å². The van der Waals surface area contributed by atoms with Gasteiger partial charge >= 0.3 is 0 Å². The summed E-state index contributed by atoms with van der Waals surface area (Å²) in [4.78, 5) is 23.7. The zero-order valence-corrected chi connectivity index (χ0v) is 23.6. The van der Waals surface area contributed by atoms with Crippen LogP contribution in [0.3, 0.4) is 0 Å². The van der Waals surface area contributed by atoms with Crippen molar-refractivity contribution in [3.05, 3.63) is 66.2 Å². The Morgan fingerprint density at radius 3 is 2.57 bits per heavy atom. The summed E-state index contributed by atoms with van der Waals surface area (Å²) in [7, 11) is 1.53. The maximum atomic E-state index is 13.0. The molecule has 42 heavy (non-hydrogen) atoms. The van der Waals surface area contributed by atoms with Gasteiger partial charge in [-0.1, -0.05) is 6.07 Å². The molecule has 1 aliphatic heterocycles. The highest BCUT2D eigenvalue weighted by molar-refractivity contribution is 5.95. The molecule has 1 saturated heterocycles. The molecule has 0 radical (unpaired) electrons. The molecule has 2 aromatic heterocycles. The number of tetrazole rings is 1. The SMILES string of the molecule is COc1cc(C(=O)N2CCC(C)(O)CC2)ccc1Nc1ncc(-c2ccc(C#N)c(OC(C)Cn3cnnn3)c2)cn1. The van der Waals surface area contributed by atoms with E-state index >= 15 is 0 Å². The van der Waals surface area contributed by atoms with Gasteiger partial charge in [0.05, 0.1) is 30.5 Å². The number of methoxy groups -OCH3 is 1. The van der Waals surface area contributed by atoms with E-state index < -0.39 is 5.60 Å². The number of nitriles is 1. The quantitative estimate of drug-likeness (QED) is 0.304. The molecular weight excluding hydrogens is 538 g/mol. The van der Waals surface area contributed by atoms with Crippen LogP contribution in [-0.4, -0.2) is 78.0 Å². The van der Waals surface area contributed by atoms with E-state index in [2.05, 4.69) is 36.9 Å². The molecule has 216 valence electrons. The zero-order valence-electron chi connectivity index (χ0n) is 23.6. The fourth-order valence-electron chi connectivity index (χ4n) is 4.64. The van der Waals surface area contributed by atoms with Crippen molar-refractivity contribution < 1.29 is 19.4 Å². The minimum atomic E-state index is -0.732. The zero-order chi connectivity index (χ0) is 29.7. The predicted octanol–water partition coefficient (Wildman–Crippen LogP) is 3.21. The number of carbonyl (C=O) groups is 1. The van der Waals surface area contributed by atoms with Gasteiger partial charge in [0.25, 0.3) is 5.91 Å². The topological polar surface area (TPSA) is 164 Å². The molecule has 2 N–H and O–H groups in total. The highest BCUT2D eigenvalue weighted by atomic mass is 16.5. The summed E-state index contributed by atoms with van der Waals surface area (Å²) in [5.74, 6) is 1.15. The van der Waals surface area contributed by atoms with Crippen LogP contribution in [0.1, 0.15) is 42.6 Å². The Hall–Kier alpha value is -5.09. The maximum Gasteiger partial charge on any atom is 0.253 e. The first-order valence-corrected chi connectivity index (χ1v) is 13.5. The number of aromatic nitrogens is 6. The Morgan fingerprint density at radius 2 is 1.90 bits per heavy atom. The van der Waals surface area contributed by atoms with Crippen molar-refractivity contribution in [2.45, 2.75) is 44.9 Å². The maximum absolute atomic E-state index is 13.0. The standard InChI is InChI=1S/C29H31N9O4/c1-19(17-38-18-33-35-36-38)42-25-12-20(4-5-22(25)14-30)23-15-31-28(32-16-23)34-24-7-6-21(13-26(24)41-3)27(39)37-10-8-29(2,40)9-11-37/h4-7,12-13,15-16,18-19,40H,8-11,17H2,1-3H3,(H,31,32,34). The van der Waals surface area contributed by atoms with Crippen LogP contribution in [0.25, 0.3) is 11.1 Å². The van der Waals surface area contributed by atoms with Crippen molar-refractivity contribution in [2.75, 3.05) is 25.5 Å². The van der Waals surface area contributed by atoms with Gasteiger partial charge in [0, 0.05) is 36.6 Å². The number of nitrogens with one attached hydrogen (secondary N) is 1. The fraction of sp³-hybridized carbons (Fsp3) is 0.345. The van der Waals surface area contributed by atoms with E-state index in [-0.39, 0.29) is 12.0 Å². The Labute approximate surface area is 242 Å². The van der Waals surface area contributed by atoms with Crippen molar-refractivity contribution in [2.24, 2.45) is 0 Å². The Morgan fingerprint density at radius 1 is 1.14 bits per heavy atom. The number of likely N-dealkylation sites (tertiary alicyclic amines) is 1. The summed E-state index contributed by atoms with van der Waals surface area (Å²) in [6.45, 7) is 5.09. The van der Waals surface area contributed by atoms with Gasteiger partial charge in [-0.15, -0.1) is 5.10 Å². The van der Waals surface area contributed by atoms with Gasteiger partial charge in [-0.3, -0.25) is 4.79 Å². The van der Waals surface area contributed by atoms with E-state index in [1.165, 1.54) is 13.4 Å². The van der Waals surface area contributed by atoms with E-state index in [9.17, 15) is 15.2 Å². The van der Waals surface area contributed by atoms with E-state index in [4.69, 9.17) is 9.47 Å². The lowest BCUT2D eigenvalue weighted by Gasteiger charge is -2.35. The fourth-order valence-corrected chi connectivity index (χ4v) is 4.64. The molecule has 1 fully saturated rings. The molecule has 3 heterocycles. The predicted molar refractivity (Wildman–Crippen MR) is 152 cm³/mol. The van der Waals surface area contributed by atoms with Crippen molar-refractivity contribution >= 4 is 17.5 Å². The first-order valence-electron chi connectivity index (χ1n) is 13.5. The molecular formula is C29H31N9O4. The summed E-state index contributed by atoms with van der Waals surface area (Å²) in [5, 5.41) is 34.0. The number of carbonyl (C=O) groups excluding carboxylic acids is 1. The second-order valence-electron chi connectivity index (χ2n) is 10.4. The molecule has 1 unspecified atom stereocenters. The van der Waals surface area contributed by atoms with Crippen molar-refractivity contribution in [1.29, 1.82) is 5.26 Å². The van der Waals surface area contributed by atoms with Gasteiger partial charge < -0.3 is 24.8 Å². The number of aliphatic hydroxyl groups is 1. The highest BCUT2D eigenvalue weighted by Gasteiger charge is 2.30. The number of amides is 1. The molecule has 0 aliphatic carbocycles. The van der Waals surface area contributed by atoms with Crippen molar-refractivity contribution in [3.8, 4) is 28.7 Å². The number of ether oxygens (including phenoxy) is 2. The number of hydrogen-bond donors (Lipinski definition) is 2. The molecule has 0 bridgehead atoms. The first kappa shape index (κ1) is 28.4. The van der Waals surface area contributed by atoms with Crippen LogP contribution in [-0.2, 0) is 6.54 Å². The van der Waals surface area contributed by atoms with Crippen LogP contribution in [0, 0.1) is 11.3 Å². The number of rotatable bonds is 9. The number of anilines is 2. The highest BCUT2D eigenvalue weighted by Crippen LogP contribution is 2.31. The lowest BCUT2D eigenvalue weighted by atomic mass is 9.93. The van der Waals surface area contributed by atoms with Crippen molar-refractivity contribution in [1.82, 2.24) is 35.1 Å². The van der Waals surface area contributed by atoms with Crippen LogP contribution in [0.5, 0.6) is 11.5 Å². The van der Waals surface area contributed by atoms with E-state index in [0.717, 1.165) is 11.1 Å². The normalized spacial score (nSPS) is 15.0. The average molecular weight is 570 g/mol. The summed E-state index contributed by atoms with van der Waals surface area (Å²) in [5.41, 5.74) is 2.29. The Balaban J connectivity index is 1.27. The minimum absolute atomic E-state index is 0.105. The molecule has 4 aromatic rings. The monoisotopic (exact) mass is 569 g/mol. The summed E-state index contributed by atoms with van der Waals surface area (Å²) in [6, 6.07) is 12.6. The molecule has 0 saturated carbocycles. The second kappa shape index (κ2) is 12.2. The van der Waals surface area contributed by atoms with Crippen LogP contribution in [0.15, 0.2) is 55.1 Å². The number of nitrogens with zero attached hydrogens (tertiary/aromatic N) is 8. The Bertz CT molecular complexity index is 1570. The largest absolute Gasteiger partial charge is 0.495 e.